The summed E-state index contributed by atoms with van der Waals surface area (Å²) in [6.07, 6.45) is -9.00. The average molecular weight is 322 g/mol. The van der Waals surface area contributed by atoms with E-state index in [-0.39, 0.29) is 16.9 Å². The van der Waals surface area contributed by atoms with E-state index < -0.39 is 23.9 Å². The zero-order valence-electron chi connectivity index (χ0n) is 10.7. The molecule has 1 aromatic carbocycles. The largest absolute Gasteiger partial charge is 0.573 e. The average Bonchev–Trinajstić information content (AvgIpc) is 2.36. The molecule has 2 aromatic rings. The van der Waals surface area contributed by atoms with Gasteiger partial charge in [0.1, 0.15) is 11.6 Å². The third kappa shape index (κ3) is 3.80. The number of rotatable bonds is 2. The van der Waals surface area contributed by atoms with Crippen molar-refractivity contribution in [2.75, 3.05) is 5.73 Å². The molecule has 0 radical (unpaired) electrons. The van der Waals surface area contributed by atoms with Crippen molar-refractivity contribution >= 4 is 5.82 Å². The van der Waals surface area contributed by atoms with Gasteiger partial charge in [0.2, 0.25) is 0 Å². The maximum absolute atomic E-state index is 12.7. The van der Waals surface area contributed by atoms with Crippen molar-refractivity contribution in [3.05, 3.63) is 42.1 Å². The van der Waals surface area contributed by atoms with E-state index in [0.29, 0.717) is 6.20 Å². The number of anilines is 1. The Morgan fingerprint density at radius 1 is 1.00 bits per heavy atom. The number of nitrogens with two attached hydrogens (primary N) is 1. The molecule has 0 saturated heterocycles. The second-order valence-electron chi connectivity index (χ2n) is 4.23. The predicted octanol–water partition coefficient (Wildman–Crippen LogP) is 4.25. The molecule has 1 heterocycles. The summed E-state index contributed by atoms with van der Waals surface area (Å²) in [4.78, 5) is 3.42. The Kier molecular flexibility index (Phi) is 3.90. The van der Waals surface area contributed by atoms with Crippen LogP contribution < -0.4 is 10.5 Å². The number of alkyl halides is 6. The minimum Gasteiger partial charge on any atom is -0.406 e. The lowest BCUT2D eigenvalue weighted by Crippen LogP contribution is -2.17. The third-order valence-electron chi connectivity index (χ3n) is 2.62. The second kappa shape index (κ2) is 5.39. The lowest BCUT2D eigenvalue weighted by molar-refractivity contribution is -0.274. The molecule has 9 heteroatoms. The smallest absolute Gasteiger partial charge is 0.406 e. The van der Waals surface area contributed by atoms with Gasteiger partial charge in [-0.2, -0.15) is 13.2 Å². The number of benzene rings is 1. The van der Waals surface area contributed by atoms with Crippen LogP contribution in [0.2, 0.25) is 0 Å². The van der Waals surface area contributed by atoms with Crippen molar-refractivity contribution in [2.24, 2.45) is 0 Å². The molecular formula is C13H8F6N2O. The summed E-state index contributed by atoms with van der Waals surface area (Å²) >= 11 is 0. The predicted molar refractivity (Wildman–Crippen MR) is 65.8 cm³/mol. The minimum atomic E-state index is -4.91. The van der Waals surface area contributed by atoms with Crippen LogP contribution in [0.1, 0.15) is 5.56 Å². The third-order valence-corrected chi connectivity index (χ3v) is 2.62. The molecule has 0 aliphatic carbocycles. The van der Waals surface area contributed by atoms with Crippen LogP contribution in [0.5, 0.6) is 5.75 Å². The highest BCUT2D eigenvalue weighted by molar-refractivity contribution is 5.75. The van der Waals surface area contributed by atoms with Gasteiger partial charge in [0.15, 0.2) is 0 Å². The van der Waals surface area contributed by atoms with Gasteiger partial charge in [-0.3, -0.25) is 0 Å². The van der Waals surface area contributed by atoms with Crippen molar-refractivity contribution in [3.8, 4) is 16.9 Å². The van der Waals surface area contributed by atoms with Crippen LogP contribution in [-0.2, 0) is 6.18 Å². The van der Waals surface area contributed by atoms with E-state index in [1.54, 1.807) is 0 Å². The number of nitrogen functional groups attached to an aromatic ring is 1. The van der Waals surface area contributed by atoms with Crippen LogP contribution in [0, 0.1) is 0 Å². The molecule has 0 atom stereocenters. The molecule has 22 heavy (non-hydrogen) atoms. The molecule has 0 unspecified atom stereocenters. The fourth-order valence-corrected chi connectivity index (χ4v) is 1.72. The van der Waals surface area contributed by atoms with Crippen molar-refractivity contribution in [1.29, 1.82) is 0 Å². The zero-order valence-corrected chi connectivity index (χ0v) is 10.7. The fraction of sp³-hybridized carbons (Fsp3) is 0.154. The van der Waals surface area contributed by atoms with Crippen LogP contribution >= 0.6 is 0 Å². The summed E-state index contributed by atoms with van der Waals surface area (Å²) in [5.41, 5.74) is 4.33. The van der Waals surface area contributed by atoms with Gasteiger partial charge in [0, 0.05) is 11.8 Å². The molecule has 0 bridgehead atoms. The quantitative estimate of drug-likeness (QED) is 0.841. The lowest BCUT2D eigenvalue weighted by Gasteiger charge is -2.12. The second-order valence-corrected chi connectivity index (χ2v) is 4.23. The number of hydrogen-bond donors (Lipinski definition) is 1. The Balaban J connectivity index is 2.46. The topological polar surface area (TPSA) is 48.1 Å². The fourth-order valence-electron chi connectivity index (χ4n) is 1.72. The van der Waals surface area contributed by atoms with Crippen LogP contribution in [-0.4, -0.2) is 11.3 Å². The Morgan fingerprint density at radius 2 is 1.68 bits per heavy atom. The minimum absolute atomic E-state index is 0.0258. The van der Waals surface area contributed by atoms with Gasteiger partial charge in [-0.25, -0.2) is 4.98 Å². The Labute approximate surface area is 120 Å². The molecule has 0 amide bonds. The van der Waals surface area contributed by atoms with Gasteiger partial charge in [0.25, 0.3) is 0 Å². The molecule has 2 rings (SSSR count). The maximum atomic E-state index is 12.7. The number of hydrogen-bond acceptors (Lipinski definition) is 3. The molecule has 0 fully saturated rings. The molecule has 3 nitrogen and oxygen atoms in total. The number of ether oxygens (including phenoxy) is 1. The summed E-state index contributed by atoms with van der Waals surface area (Å²) < 4.78 is 78.2. The van der Waals surface area contributed by atoms with E-state index in [4.69, 9.17) is 5.73 Å². The molecule has 1 aromatic heterocycles. The SMILES string of the molecule is Nc1ncc(C(F)(F)F)cc1-c1cccc(OC(F)(F)F)c1. The molecule has 0 aliphatic rings. The van der Waals surface area contributed by atoms with Gasteiger partial charge in [0.05, 0.1) is 5.56 Å². The van der Waals surface area contributed by atoms with E-state index in [1.165, 1.54) is 12.1 Å². The van der Waals surface area contributed by atoms with E-state index in [1.807, 2.05) is 0 Å². The lowest BCUT2D eigenvalue weighted by atomic mass is 10.0. The molecule has 0 aliphatic heterocycles. The van der Waals surface area contributed by atoms with Crippen molar-refractivity contribution in [2.45, 2.75) is 12.5 Å². The zero-order chi connectivity index (χ0) is 16.5. The monoisotopic (exact) mass is 322 g/mol. The Hall–Kier alpha value is -2.45. The first-order chi connectivity index (χ1) is 10.1. The molecule has 0 saturated carbocycles. The molecule has 0 spiro atoms. The van der Waals surface area contributed by atoms with Gasteiger partial charge in [-0.15, -0.1) is 13.2 Å². The first kappa shape index (κ1) is 15.9. The van der Waals surface area contributed by atoms with Crippen molar-refractivity contribution in [3.63, 3.8) is 0 Å². The highest BCUT2D eigenvalue weighted by Gasteiger charge is 2.32. The van der Waals surface area contributed by atoms with E-state index in [2.05, 4.69) is 9.72 Å². The van der Waals surface area contributed by atoms with Gasteiger partial charge in [-0.1, -0.05) is 12.1 Å². The summed E-state index contributed by atoms with van der Waals surface area (Å²) in [6.45, 7) is 0. The number of halogens is 6. The first-order valence-electron chi connectivity index (χ1n) is 5.75. The van der Waals surface area contributed by atoms with E-state index >= 15 is 0 Å². The summed E-state index contributed by atoms with van der Waals surface area (Å²) in [5, 5.41) is 0. The van der Waals surface area contributed by atoms with Crippen LogP contribution in [0.3, 0.4) is 0 Å². The number of aromatic nitrogens is 1. The van der Waals surface area contributed by atoms with Gasteiger partial charge < -0.3 is 10.5 Å². The molecule has 2 N–H and O–H groups in total. The van der Waals surface area contributed by atoms with E-state index in [0.717, 1.165) is 18.2 Å². The van der Waals surface area contributed by atoms with Crippen molar-refractivity contribution in [1.82, 2.24) is 4.98 Å². The Morgan fingerprint density at radius 3 is 2.27 bits per heavy atom. The van der Waals surface area contributed by atoms with Crippen LogP contribution in [0.4, 0.5) is 32.2 Å². The first-order valence-corrected chi connectivity index (χ1v) is 5.75. The highest BCUT2D eigenvalue weighted by atomic mass is 19.4. The van der Waals surface area contributed by atoms with Crippen LogP contribution in [0.25, 0.3) is 11.1 Å². The summed E-state index contributed by atoms with van der Waals surface area (Å²) in [6, 6.07) is 5.18. The van der Waals surface area contributed by atoms with Crippen molar-refractivity contribution < 1.29 is 31.1 Å². The van der Waals surface area contributed by atoms with Gasteiger partial charge in [-0.05, 0) is 23.8 Å². The number of pyridine rings is 1. The normalized spacial score (nSPS) is 12.3. The molecule has 118 valence electrons. The summed E-state index contributed by atoms with van der Waals surface area (Å²) in [5.74, 6) is -0.807. The molecular weight excluding hydrogens is 314 g/mol. The Bertz CT molecular complexity index is 681. The van der Waals surface area contributed by atoms with Gasteiger partial charge >= 0.3 is 12.5 Å². The van der Waals surface area contributed by atoms with E-state index in [9.17, 15) is 26.3 Å². The highest BCUT2D eigenvalue weighted by Crippen LogP contribution is 2.35. The number of nitrogens with zero attached hydrogens (tertiary/aromatic N) is 1. The standard InChI is InChI=1S/C13H8F6N2O/c14-12(15,16)8-5-10(11(20)21-6-8)7-2-1-3-9(4-7)22-13(17,18)19/h1-6H,(H2,20,21). The maximum Gasteiger partial charge on any atom is 0.573 e. The van der Waals surface area contributed by atoms with Crippen LogP contribution in [0.15, 0.2) is 36.5 Å². The summed E-state index contributed by atoms with van der Waals surface area (Å²) in [7, 11) is 0.